The van der Waals surface area contributed by atoms with Gasteiger partial charge in [-0.25, -0.2) is 9.78 Å². The molecule has 0 aliphatic carbocycles. The standard InChI is InChI=1S/C15H21N3O4/c1-3-12(10-17-15(19)20)18-8-7-16-14(18)11(2)22-13-6-4-5-9-21-13/h1,7-8,11-13,17H,4-6,9-10H2,2H3,(H,19,20). The van der Waals surface area contributed by atoms with Crippen LogP contribution in [0.4, 0.5) is 4.79 Å². The van der Waals surface area contributed by atoms with Crippen molar-refractivity contribution in [2.75, 3.05) is 13.2 Å². The number of nitrogens with one attached hydrogen (secondary N) is 1. The number of hydrogen-bond acceptors (Lipinski definition) is 4. The van der Waals surface area contributed by atoms with Gasteiger partial charge in [0.25, 0.3) is 0 Å². The topological polar surface area (TPSA) is 85.6 Å². The zero-order valence-corrected chi connectivity index (χ0v) is 12.6. The van der Waals surface area contributed by atoms with Gasteiger partial charge in [-0.1, -0.05) is 5.92 Å². The van der Waals surface area contributed by atoms with Crippen LogP contribution in [0.5, 0.6) is 0 Å². The Labute approximate surface area is 129 Å². The van der Waals surface area contributed by atoms with Gasteiger partial charge < -0.3 is 24.5 Å². The number of aromatic nitrogens is 2. The second-order valence-corrected chi connectivity index (χ2v) is 5.14. The fourth-order valence-corrected chi connectivity index (χ4v) is 2.43. The van der Waals surface area contributed by atoms with E-state index in [1.807, 2.05) is 6.92 Å². The molecule has 1 aliphatic rings. The summed E-state index contributed by atoms with van der Waals surface area (Å²) in [4.78, 5) is 14.9. The highest BCUT2D eigenvalue weighted by atomic mass is 16.7. The number of carbonyl (C=O) groups is 1. The van der Waals surface area contributed by atoms with E-state index in [1.165, 1.54) is 0 Å². The predicted octanol–water partition coefficient (Wildman–Crippen LogP) is 1.93. The van der Waals surface area contributed by atoms with Crippen LogP contribution in [0.3, 0.4) is 0 Å². The molecule has 2 rings (SSSR count). The Morgan fingerprint density at radius 2 is 2.55 bits per heavy atom. The second kappa shape index (κ2) is 7.82. The van der Waals surface area contributed by atoms with Crippen LogP contribution in [-0.2, 0) is 9.47 Å². The van der Waals surface area contributed by atoms with Gasteiger partial charge in [-0.2, -0.15) is 0 Å². The highest BCUT2D eigenvalue weighted by molar-refractivity contribution is 5.64. The number of amides is 1. The summed E-state index contributed by atoms with van der Waals surface area (Å²) in [6.45, 7) is 2.71. The third-order valence-electron chi connectivity index (χ3n) is 3.53. The minimum Gasteiger partial charge on any atom is -0.465 e. The zero-order valence-electron chi connectivity index (χ0n) is 12.6. The average Bonchev–Trinajstić information content (AvgIpc) is 2.98. The molecular formula is C15H21N3O4. The number of carboxylic acid groups (broad SMARTS) is 1. The Morgan fingerprint density at radius 1 is 1.73 bits per heavy atom. The smallest absolute Gasteiger partial charge is 0.404 e. The SMILES string of the molecule is C#CC(CNC(=O)O)n1ccnc1C(C)OC1CCCCO1. The van der Waals surface area contributed by atoms with Gasteiger partial charge in [-0.3, -0.25) is 0 Å². The quantitative estimate of drug-likeness (QED) is 0.784. The summed E-state index contributed by atoms with van der Waals surface area (Å²) in [6.07, 6.45) is 10.2. The van der Waals surface area contributed by atoms with Crippen molar-refractivity contribution in [3.05, 3.63) is 18.2 Å². The Kier molecular flexibility index (Phi) is 5.81. The number of hydrogen-bond donors (Lipinski definition) is 2. The maximum absolute atomic E-state index is 10.6. The van der Waals surface area contributed by atoms with E-state index in [4.69, 9.17) is 21.0 Å². The molecule has 7 nitrogen and oxygen atoms in total. The molecule has 7 heteroatoms. The lowest BCUT2D eigenvalue weighted by molar-refractivity contribution is -0.188. The highest BCUT2D eigenvalue weighted by Gasteiger charge is 2.23. The van der Waals surface area contributed by atoms with Crippen LogP contribution in [0.15, 0.2) is 12.4 Å². The third-order valence-corrected chi connectivity index (χ3v) is 3.53. The lowest BCUT2D eigenvalue weighted by Gasteiger charge is -2.26. The Morgan fingerprint density at radius 3 is 3.18 bits per heavy atom. The van der Waals surface area contributed by atoms with Gasteiger partial charge >= 0.3 is 6.09 Å². The number of ether oxygens (including phenoxy) is 2. The van der Waals surface area contributed by atoms with Crippen molar-refractivity contribution < 1.29 is 19.4 Å². The lowest BCUT2D eigenvalue weighted by Crippen LogP contribution is -2.30. The van der Waals surface area contributed by atoms with Gasteiger partial charge in [0.1, 0.15) is 18.0 Å². The summed E-state index contributed by atoms with van der Waals surface area (Å²) in [6, 6.07) is -0.452. The molecule has 1 amide bonds. The first-order chi connectivity index (χ1) is 10.6. The van der Waals surface area contributed by atoms with Gasteiger partial charge in [0.05, 0.1) is 6.54 Å². The number of nitrogens with zero attached hydrogens (tertiary/aromatic N) is 2. The van der Waals surface area contributed by atoms with Crippen molar-refractivity contribution in [2.45, 2.75) is 44.6 Å². The molecule has 3 atom stereocenters. The van der Waals surface area contributed by atoms with Crippen LogP contribution in [0, 0.1) is 12.3 Å². The van der Waals surface area contributed by atoms with Gasteiger partial charge in [0.15, 0.2) is 6.29 Å². The maximum Gasteiger partial charge on any atom is 0.404 e. The predicted molar refractivity (Wildman–Crippen MR) is 79.2 cm³/mol. The van der Waals surface area contributed by atoms with Gasteiger partial charge in [-0.05, 0) is 26.2 Å². The summed E-state index contributed by atoms with van der Waals surface area (Å²) in [5.74, 6) is 3.23. The van der Waals surface area contributed by atoms with E-state index in [0.717, 1.165) is 19.3 Å². The van der Waals surface area contributed by atoms with Crippen LogP contribution in [0.25, 0.3) is 0 Å². The van der Waals surface area contributed by atoms with Crippen LogP contribution >= 0.6 is 0 Å². The molecule has 0 bridgehead atoms. The van der Waals surface area contributed by atoms with Gasteiger partial charge in [-0.15, -0.1) is 6.42 Å². The van der Waals surface area contributed by atoms with Crippen LogP contribution in [0.1, 0.15) is 44.2 Å². The van der Waals surface area contributed by atoms with E-state index >= 15 is 0 Å². The van der Waals surface area contributed by atoms with E-state index in [2.05, 4.69) is 16.2 Å². The van der Waals surface area contributed by atoms with Crippen molar-refractivity contribution >= 4 is 6.09 Å². The highest BCUT2D eigenvalue weighted by Crippen LogP contribution is 2.24. The maximum atomic E-state index is 10.6. The van der Waals surface area contributed by atoms with Crippen molar-refractivity contribution in [1.29, 1.82) is 0 Å². The molecule has 0 radical (unpaired) electrons. The lowest BCUT2D eigenvalue weighted by atomic mass is 10.2. The van der Waals surface area contributed by atoms with Crippen LogP contribution in [0.2, 0.25) is 0 Å². The first-order valence-electron chi connectivity index (χ1n) is 7.34. The Bertz CT molecular complexity index is 531. The van der Waals surface area contributed by atoms with Gasteiger partial charge in [0, 0.05) is 19.0 Å². The van der Waals surface area contributed by atoms with Crippen molar-refractivity contribution in [1.82, 2.24) is 14.9 Å². The first kappa shape index (κ1) is 16.3. The first-order valence-corrected chi connectivity index (χ1v) is 7.34. The molecule has 2 heterocycles. The fraction of sp³-hybridized carbons (Fsp3) is 0.600. The fourth-order valence-electron chi connectivity index (χ4n) is 2.43. The summed E-state index contributed by atoms with van der Waals surface area (Å²) in [7, 11) is 0. The van der Waals surface area contributed by atoms with E-state index in [9.17, 15) is 4.79 Å². The molecule has 0 saturated carbocycles. The minimum atomic E-state index is -1.11. The van der Waals surface area contributed by atoms with Crippen molar-refractivity contribution in [3.63, 3.8) is 0 Å². The minimum absolute atomic E-state index is 0.113. The normalized spacial score (nSPS) is 20.8. The largest absolute Gasteiger partial charge is 0.465 e. The monoisotopic (exact) mass is 307 g/mol. The van der Waals surface area contributed by atoms with E-state index in [0.29, 0.717) is 12.4 Å². The molecule has 1 aromatic heterocycles. The molecule has 2 N–H and O–H groups in total. The van der Waals surface area contributed by atoms with E-state index in [1.54, 1.807) is 17.0 Å². The second-order valence-electron chi connectivity index (χ2n) is 5.14. The summed E-state index contributed by atoms with van der Waals surface area (Å²) in [5, 5.41) is 11.0. The molecule has 120 valence electrons. The van der Waals surface area contributed by atoms with Crippen LogP contribution < -0.4 is 5.32 Å². The summed E-state index contributed by atoms with van der Waals surface area (Å²) < 4.78 is 13.2. The van der Waals surface area contributed by atoms with E-state index in [-0.39, 0.29) is 18.9 Å². The number of rotatable bonds is 6. The summed E-state index contributed by atoms with van der Waals surface area (Å²) >= 11 is 0. The molecule has 1 fully saturated rings. The molecule has 0 spiro atoms. The number of imidazole rings is 1. The van der Waals surface area contributed by atoms with Crippen molar-refractivity contribution in [3.8, 4) is 12.3 Å². The molecule has 0 aromatic carbocycles. The molecular weight excluding hydrogens is 286 g/mol. The molecule has 1 aliphatic heterocycles. The molecule has 1 aromatic rings. The summed E-state index contributed by atoms with van der Waals surface area (Å²) in [5.41, 5.74) is 0. The molecule has 1 saturated heterocycles. The molecule has 3 unspecified atom stereocenters. The van der Waals surface area contributed by atoms with Crippen LogP contribution in [-0.4, -0.2) is 40.2 Å². The molecule has 22 heavy (non-hydrogen) atoms. The zero-order chi connectivity index (χ0) is 15.9. The van der Waals surface area contributed by atoms with Crippen molar-refractivity contribution in [2.24, 2.45) is 0 Å². The third kappa shape index (κ3) is 4.23. The Hall–Kier alpha value is -2.04. The van der Waals surface area contributed by atoms with E-state index < -0.39 is 12.1 Å². The Balaban J connectivity index is 2.03. The number of terminal acetylenes is 1. The van der Waals surface area contributed by atoms with Gasteiger partial charge in [0.2, 0.25) is 0 Å². The average molecular weight is 307 g/mol.